The Bertz CT molecular complexity index is 1540. The number of piperidine rings is 1. The maximum Gasteiger partial charge on any atom is 0.410 e. The van der Waals surface area contributed by atoms with Crippen LogP contribution in [0.2, 0.25) is 5.02 Å². The van der Waals surface area contributed by atoms with Crippen molar-refractivity contribution in [2.24, 2.45) is 0 Å². The number of aliphatic hydroxyl groups excluding tert-OH is 1. The summed E-state index contributed by atoms with van der Waals surface area (Å²) in [5.41, 5.74) is 1.39. The Morgan fingerprint density at radius 2 is 1.75 bits per heavy atom. The number of hydrogen-bond donors (Lipinski definition) is 1. The van der Waals surface area contributed by atoms with Gasteiger partial charge in [0.1, 0.15) is 22.6 Å². The van der Waals surface area contributed by atoms with Gasteiger partial charge in [0.15, 0.2) is 5.52 Å². The summed E-state index contributed by atoms with van der Waals surface area (Å²) in [6.45, 7) is 10.7. The molecule has 0 atom stereocenters. The number of aliphatic hydroxyl groups is 1. The van der Waals surface area contributed by atoms with Crippen molar-refractivity contribution in [3.05, 3.63) is 57.0 Å². The van der Waals surface area contributed by atoms with E-state index in [4.69, 9.17) is 16.3 Å². The SMILES string of the molecule is CC.CC(C)(C)OC(=O)N1CCC(c2cc3c4n(c5cccc(Cl)c5c(=O)[n+]4c2)C(=O)C32CCC(O)CC2)CC1. The lowest BCUT2D eigenvalue weighted by Crippen LogP contribution is -2.44. The van der Waals surface area contributed by atoms with E-state index in [1.807, 2.05) is 40.8 Å². The van der Waals surface area contributed by atoms with Crippen LogP contribution in [0.1, 0.15) is 95.0 Å². The molecule has 2 aromatic heterocycles. The number of rotatable bonds is 1. The van der Waals surface area contributed by atoms with Gasteiger partial charge in [0.25, 0.3) is 0 Å². The number of nitrogens with zero attached hydrogens (tertiary/aromatic N) is 3. The molecule has 1 saturated heterocycles. The number of amides is 1. The minimum absolute atomic E-state index is 0.0546. The molecule has 3 aromatic rings. The molecule has 0 unspecified atom stereocenters. The van der Waals surface area contributed by atoms with Crippen LogP contribution in [0.15, 0.2) is 35.3 Å². The van der Waals surface area contributed by atoms with Gasteiger partial charge in [-0.2, -0.15) is 8.97 Å². The van der Waals surface area contributed by atoms with Gasteiger partial charge in [0.2, 0.25) is 0 Å². The Hall–Kier alpha value is -2.97. The molecule has 6 rings (SSSR count). The van der Waals surface area contributed by atoms with E-state index in [0.29, 0.717) is 60.3 Å². The maximum absolute atomic E-state index is 14.2. The molecule has 8 nitrogen and oxygen atoms in total. The monoisotopic (exact) mass is 568 g/mol. The summed E-state index contributed by atoms with van der Waals surface area (Å²) in [6, 6.07) is 7.33. The number of fused-ring (bicyclic) bond motifs is 3. The van der Waals surface area contributed by atoms with Crippen LogP contribution >= 0.6 is 11.6 Å². The topological polar surface area (TPSA) is 92.9 Å². The standard InChI is InChI=1S/C29H33ClN3O5.C2H6/c1-28(2,3)38-27(37)31-13-9-17(10-14-31)18-15-20-24-32(16-18)25(35)23-21(30)5-4-6-22(23)33(24)26(36)29(20)11-7-19(34)8-12-29;1-2/h4-6,15-17,19,34H,7-14H2,1-3H3;1-2H3/q+1;. The molecule has 2 fully saturated rings. The number of ether oxygens (including phenoxy) is 1. The van der Waals surface area contributed by atoms with Crippen molar-refractivity contribution < 1.29 is 23.8 Å². The van der Waals surface area contributed by atoms with Crippen LogP contribution in [0.5, 0.6) is 0 Å². The van der Waals surface area contributed by atoms with E-state index in [0.717, 1.165) is 24.0 Å². The normalized spacial score (nSPS) is 23.0. The van der Waals surface area contributed by atoms with Gasteiger partial charge in [-0.3, -0.25) is 0 Å². The van der Waals surface area contributed by atoms with Crippen molar-refractivity contribution in [1.82, 2.24) is 9.47 Å². The highest BCUT2D eigenvalue weighted by Crippen LogP contribution is 2.47. The molecule has 2 aliphatic heterocycles. The second kappa shape index (κ2) is 10.5. The van der Waals surface area contributed by atoms with Gasteiger partial charge in [0.05, 0.1) is 16.7 Å². The zero-order chi connectivity index (χ0) is 29.0. The summed E-state index contributed by atoms with van der Waals surface area (Å²) in [4.78, 5) is 42.3. The number of benzene rings is 1. The van der Waals surface area contributed by atoms with E-state index < -0.39 is 17.1 Å². The predicted octanol–water partition coefficient (Wildman–Crippen LogP) is 5.36. The lowest BCUT2D eigenvalue weighted by molar-refractivity contribution is -0.530. The molecule has 1 amide bonds. The summed E-state index contributed by atoms with van der Waals surface area (Å²) in [6.07, 6.45) is 4.71. The highest BCUT2D eigenvalue weighted by molar-refractivity contribution is 6.35. The molecule has 0 bridgehead atoms. The number of aromatic nitrogens is 2. The lowest BCUT2D eigenvalue weighted by atomic mass is 9.69. The van der Waals surface area contributed by atoms with Crippen LogP contribution < -0.4 is 9.96 Å². The summed E-state index contributed by atoms with van der Waals surface area (Å²) < 4.78 is 8.83. The average Bonchev–Trinajstić information content (AvgIpc) is 3.16. The minimum Gasteiger partial charge on any atom is -0.444 e. The third kappa shape index (κ3) is 4.59. The number of likely N-dealkylation sites (tertiary alicyclic amines) is 1. The molecular weight excluding hydrogens is 530 g/mol. The molecule has 1 aliphatic carbocycles. The molecule has 1 N–H and O–H groups in total. The fourth-order valence-electron chi connectivity index (χ4n) is 6.55. The van der Waals surface area contributed by atoms with Crippen molar-refractivity contribution in [1.29, 1.82) is 0 Å². The van der Waals surface area contributed by atoms with Crippen LogP contribution in [-0.2, 0) is 10.2 Å². The minimum atomic E-state index is -0.784. The molecule has 9 heteroatoms. The Morgan fingerprint density at radius 3 is 2.38 bits per heavy atom. The van der Waals surface area contributed by atoms with Crippen LogP contribution in [-0.4, -0.2) is 51.4 Å². The molecule has 40 heavy (non-hydrogen) atoms. The largest absolute Gasteiger partial charge is 0.444 e. The van der Waals surface area contributed by atoms with E-state index in [2.05, 4.69) is 6.07 Å². The first-order valence-electron chi connectivity index (χ1n) is 14.4. The average molecular weight is 569 g/mol. The van der Waals surface area contributed by atoms with Crippen LogP contribution in [0.25, 0.3) is 16.6 Å². The Balaban J connectivity index is 0.00000158. The summed E-state index contributed by atoms with van der Waals surface area (Å²) in [5.74, 6) is 0.0691. The smallest absolute Gasteiger partial charge is 0.410 e. The fraction of sp³-hybridized carbons (Fsp3) is 0.548. The van der Waals surface area contributed by atoms with Gasteiger partial charge < -0.3 is 14.7 Å². The molecular formula is C31H39ClN3O5+. The zero-order valence-electron chi connectivity index (χ0n) is 24.0. The van der Waals surface area contributed by atoms with Crippen LogP contribution in [0.3, 0.4) is 0 Å². The molecule has 0 radical (unpaired) electrons. The fourth-order valence-corrected chi connectivity index (χ4v) is 6.80. The summed E-state index contributed by atoms with van der Waals surface area (Å²) in [5, 5.41) is 10.9. The molecule has 3 aliphatic rings. The molecule has 1 spiro atoms. The van der Waals surface area contributed by atoms with E-state index in [1.54, 1.807) is 32.1 Å². The summed E-state index contributed by atoms with van der Waals surface area (Å²) >= 11 is 6.51. The van der Waals surface area contributed by atoms with E-state index >= 15 is 0 Å². The molecule has 214 valence electrons. The zero-order valence-corrected chi connectivity index (χ0v) is 24.8. The number of halogens is 1. The first-order chi connectivity index (χ1) is 19.0. The number of carbonyl (C=O) groups excluding carboxylic acids is 2. The van der Waals surface area contributed by atoms with Crippen LogP contribution in [0, 0.1) is 0 Å². The Labute approximate surface area is 239 Å². The quantitative estimate of drug-likeness (QED) is 0.315. The molecule has 1 aromatic carbocycles. The Kier molecular flexibility index (Phi) is 7.46. The second-order valence-electron chi connectivity index (χ2n) is 12.0. The van der Waals surface area contributed by atoms with Gasteiger partial charge in [-0.05, 0) is 89.0 Å². The van der Waals surface area contributed by atoms with Gasteiger partial charge in [0, 0.05) is 13.1 Å². The number of hydrogen-bond acceptors (Lipinski definition) is 5. The van der Waals surface area contributed by atoms with Crippen molar-refractivity contribution in [3.63, 3.8) is 0 Å². The highest BCUT2D eigenvalue weighted by atomic mass is 35.5. The maximum atomic E-state index is 14.2. The van der Waals surface area contributed by atoms with Gasteiger partial charge in [-0.15, -0.1) is 0 Å². The second-order valence-corrected chi connectivity index (χ2v) is 12.4. The third-order valence-corrected chi connectivity index (χ3v) is 8.80. The molecule has 4 heterocycles. The van der Waals surface area contributed by atoms with Crippen molar-refractivity contribution >= 4 is 40.2 Å². The van der Waals surface area contributed by atoms with Crippen molar-refractivity contribution in [2.75, 3.05) is 13.1 Å². The highest BCUT2D eigenvalue weighted by Gasteiger charge is 2.55. The van der Waals surface area contributed by atoms with E-state index in [9.17, 15) is 19.5 Å². The van der Waals surface area contributed by atoms with Crippen molar-refractivity contribution in [2.45, 2.75) is 96.2 Å². The summed E-state index contributed by atoms with van der Waals surface area (Å²) in [7, 11) is 0. The van der Waals surface area contributed by atoms with Gasteiger partial charge in [-0.25, -0.2) is 14.4 Å². The van der Waals surface area contributed by atoms with E-state index in [1.165, 1.54) is 0 Å². The van der Waals surface area contributed by atoms with Gasteiger partial charge in [-0.1, -0.05) is 31.5 Å². The van der Waals surface area contributed by atoms with Gasteiger partial charge >= 0.3 is 23.2 Å². The number of carbonyl (C=O) groups is 2. The van der Waals surface area contributed by atoms with E-state index in [-0.39, 0.29) is 23.5 Å². The Morgan fingerprint density at radius 1 is 1.10 bits per heavy atom. The van der Waals surface area contributed by atoms with Crippen LogP contribution in [0.4, 0.5) is 4.79 Å². The number of pyridine rings is 1. The third-order valence-electron chi connectivity index (χ3n) is 8.49. The van der Waals surface area contributed by atoms with Crippen molar-refractivity contribution in [3.8, 4) is 0 Å². The first kappa shape index (κ1) is 28.6. The lowest BCUT2D eigenvalue weighted by Gasteiger charge is -2.34. The first-order valence-corrected chi connectivity index (χ1v) is 14.8. The predicted molar refractivity (Wildman–Crippen MR) is 154 cm³/mol. The molecule has 1 saturated carbocycles.